The molecule has 2 N–H and O–H groups in total. The number of phenols is 1. The van der Waals surface area contributed by atoms with Crippen LogP contribution in [0.3, 0.4) is 0 Å². The molecule has 1 aromatic rings. The van der Waals surface area contributed by atoms with Crippen LogP contribution in [0.15, 0.2) is 30.2 Å². The van der Waals surface area contributed by atoms with E-state index in [-0.39, 0.29) is 11.5 Å². The number of allylic oxidation sites excluding steroid dienone is 1. The third-order valence-corrected chi connectivity index (χ3v) is 4.58. The molecule has 2 aliphatic heterocycles. The molecule has 2 heterocycles. The SMILES string of the molecule is CC1(C)CCN(Cc2ccc3c(c2O)OC=C(O)C=C3)CC1. The second kappa shape index (κ2) is 5.69. The van der Waals surface area contributed by atoms with E-state index in [1.165, 1.54) is 19.1 Å². The summed E-state index contributed by atoms with van der Waals surface area (Å²) in [6, 6.07) is 3.85. The molecule has 1 fully saturated rings. The second-order valence-electron chi connectivity index (χ2n) is 6.93. The molecule has 3 rings (SSSR count). The molecule has 0 unspecified atom stereocenters. The van der Waals surface area contributed by atoms with Crippen LogP contribution < -0.4 is 4.74 Å². The maximum atomic E-state index is 10.5. The number of nitrogens with zero attached hydrogens (tertiary/aromatic N) is 1. The van der Waals surface area contributed by atoms with Crippen LogP contribution in [0.5, 0.6) is 11.5 Å². The first-order valence-corrected chi connectivity index (χ1v) is 7.76. The van der Waals surface area contributed by atoms with Crippen molar-refractivity contribution in [3.8, 4) is 11.5 Å². The molecule has 2 aliphatic rings. The molecule has 0 aliphatic carbocycles. The number of fused-ring (bicyclic) bond motifs is 1. The van der Waals surface area contributed by atoms with Crippen LogP contribution in [-0.2, 0) is 6.54 Å². The van der Waals surface area contributed by atoms with Crippen molar-refractivity contribution in [1.29, 1.82) is 0 Å². The average molecular weight is 301 g/mol. The molecule has 0 radical (unpaired) electrons. The van der Waals surface area contributed by atoms with Crippen molar-refractivity contribution in [3.63, 3.8) is 0 Å². The molecule has 1 saturated heterocycles. The largest absolute Gasteiger partial charge is 0.505 e. The zero-order valence-electron chi connectivity index (χ0n) is 13.2. The summed E-state index contributed by atoms with van der Waals surface area (Å²) in [4.78, 5) is 2.37. The molecule has 0 atom stereocenters. The molecule has 1 aromatic carbocycles. The third-order valence-electron chi connectivity index (χ3n) is 4.58. The van der Waals surface area contributed by atoms with E-state index in [4.69, 9.17) is 4.74 Å². The minimum Gasteiger partial charge on any atom is -0.505 e. The highest BCUT2D eigenvalue weighted by atomic mass is 16.5. The lowest BCUT2D eigenvalue weighted by Crippen LogP contribution is -2.36. The molecule has 0 bridgehead atoms. The van der Waals surface area contributed by atoms with Gasteiger partial charge in [0.05, 0.1) is 0 Å². The molecular formula is C18H23NO3. The lowest BCUT2D eigenvalue weighted by molar-refractivity contribution is 0.126. The van der Waals surface area contributed by atoms with Gasteiger partial charge in [-0.15, -0.1) is 0 Å². The summed E-state index contributed by atoms with van der Waals surface area (Å²) in [5.41, 5.74) is 2.05. The van der Waals surface area contributed by atoms with Gasteiger partial charge in [-0.3, -0.25) is 4.90 Å². The highest BCUT2D eigenvalue weighted by Gasteiger charge is 2.26. The smallest absolute Gasteiger partial charge is 0.175 e. The van der Waals surface area contributed by atoms with E-state index in [0.717, 1.165) is 30.8 Å². The summed E-state index contributed by atoms with van der Waals surface area (Å²) in [5.74, 6) is 0.614. The van der Waals surface area contributed by atoms with Gasteiger partial charge in [-0.1, -0.05) is 26.0 Å². The van der Waals surface area contributed by atoms with Gasteiger partial charge in [0, 0.05) is 17.7 Å². The normalized spacial score (nSPS) is 20.7. The Morgan fingerprint density at radius 2 is 1.86 bits per heavy atom. The van der Waals surface area contributed by atoms with Crippen molar-refractivity contribution in [2.24, 2.45) is 5.41 Å². The van der Waals surface area contributed by atoms with E-state index >= 15 is 0 Å². The van der Waals surface area contributed by atoms with E-state index in [2.05, 4.69) is 18.7 Å². The number of phenolic OH excluding ortho intramolecular Hbond substituents is 1. The Bertz CT molecular complexity index is 621. The summed E-state index contributed by atoms with van der Waals surface area (Å²) in [6.45, 7) is 7.43. The Labute approximate surface area is 131 Å². The number of aliphatic hydroxyl groups excluding tert-OH is 1. The topological polar surface area (TPSA) is 52.9 Å². The minimum absolute atomic E-state index is 0.0374. The second-order valence-corrected chi connectivity index (χ2v) is 6.93. The van der Waals surface area contributed by atoms with Gasteiger partial charge in [-0.05, 0) is 43.5 Å². The highest BCUT2D eigenvalue weighted by molar-refractivity contribution is 5.66. The summed E-state index contributed by atoms with van der Waals surface area (Å²) >= 11 is 0. The predicted octanol–water partition coefficient (Wildman–Crippen LogP) is 3.82. The number of rotatable bonds is 2. The van der Waals surface area contributed by atoms with Gasteiger partial charge in [-0.2, -0.15) is 0 Å². The molecule has 0 saturated carbocycles. The lowest BCUT2D eigenvalue weighted by Gasteiger charge is -2.37. The van der Waals surface area contributed by atoms with Crippen LogP contribution >= 0.6 is 0 Å². The minimum atomic E-state index is 0.0374. The van der Waals surface area contributed by atoms with Gasteiger partial charge < -0.3 is 14.9 Å². The van der Waals surface area contributed by atoms with E-state index in [1.807, 2.05) is 12.1 Å². The molecule has 4 heteroatoms. The Balaban J connectivity index is 1.78. The fourth-order valence-electron chi connectivity index (χ4n) is 2.90. The zero-order valence-corrected chi connectivity index (χ0v) is 13.2. The monoisotopic (exact) mass is 301 g/mol. The van der Waals surface area contributed by atoms with Crippen molar-refractivity contribution in [2.45, 2.75) is 33.2 Å². The first-order valence-electron chi connectivity index (χ1n) is 7.76. The van der Waals surface area contributed by atoms with Gasteiger partial charge in [0.1, 0.15) is 6.26 Å². The maximum Gasteiger partial charge on any atom is 0.175 e. The van der Waals surface area contributed by atoms with E-state index < -0.39 is 0 Å². The number of hydrogen-bond acceptors (Lipinski definition) is 4. The Morgan fingerprint density at radius 1 is 1.14 bits per heavy atom. The number of aromatic hydroxyl groups is 1. The number of aliphatic hydroxyl groups is 1. The summed E-state index contributed by atoms with van der Waals surface area (Å²) in [5, 5.41) is 20.0. The van der Waals surface area contributed by atoms with Crippen LogP contribution in [0.4, 0.5) is 0 Å². The van der Waals surface area contributed by atoms with Crippen molar-refractivity contribution in [3.05, 3.63) is 41.4 Å². The Hall–Kier alpha value is -1.94. The summed E-state index contributed by atoms with van der Waals surface area (Å²) in [6.07, 6.45) is 6.89. The van der Waals surface area contributed by atoms with Gasteiger partial charge in [0.25, 0.3) is 0 Å². The van der Waals surface area contributed by atoms with Gasteiger partial charge in [0.15, 0.2) is 17.3 Å². The fraction of sp³-hybridized carbons (Fsp3) is 0.444. The van der Waals surface area contributed by atoms with Crippen LogP contribution in [0.1, 0.15) is 37.8 Å². The molecule has 0 aromatic heterocycles. The van der Waals surface area contributed by atoms with Crippen LogP contribution in [-0.4, -0.2) is 28.2 Å². The maximum absolute atomic E-state index is 10.5. The van der Waals surface area contributed by atoms with E-state index in [9.17, 15) is 10.2 Å². The third kappa shape index (κ3) is 3.12. The zero-order chi connectivity index (χ0) is 15.7. The molecule has 0 spiro atoms. The van der Waals surface area contributed by atoms with Gasteiger partial charge in [0.2, 0.25) is 0 Å². The van der Waals surface area contributed by atoms with E-state index in [1.54, 1.807) is 12.2 Å². The Kier molecular flexibility index (Phi) is 3.87. The molecule has 22 heavy (non-hydrogen) atoms. The lowest BCUT2D eigenvalue weighted by atomic mass is 9.82. The standard InChI is InChI=1S/C18H23NO3/c1-18(2)7-9-19(10-8-18)11-14-4-3-13-5-6-15(20)12-22-17(13)16(14)21/h3-6,12,20-21H,7-11H2,1-2H3. The molecule has 4 nitrogen and oxygen atoms in total. The number of benzene rings is 1. The Morgan fingerprint density at radius 3 is 2.59 bits per heavy atom. The number of likely N-dealkylation sites (tertiary alicyclic amines) is 1. The first-order chi connectivity index (χ1) is 10.4. The van der Waals surface area contributed by atoms with Crippen molar-refractivity contribution in [1.82, 2.24) is 4.90 Å². The predicted molar refractivity (Wildman–Crippen MR) is 86.8 cm³/mol. The van der Waals surface area contributed by atoms with E-state index in [0.29, 0.717) is 11.2 Å². The van der Waals surface area contributed by atoms with Crippen LogP contribution in [0.25, 0.3) is 6.08 Å². The molecule has 118 valence electrons. The van der Waals surface area contributed by atoms with Crippen molar-refractivity contribution in [2.75, 3.05) is 13.1 Å². The van der Waals surface area contributed by atoms with Gasteiger partial charge >= 0.3 is 0 Å². The average Bonchev–Trinajstić information content (AvgIpc) is 2.67. The molecular weight excluding hydrogens is 278 g/mol. The number of hydrogen-bond donors (Lipinski definition) is 2. The summed E-state index contributed by atoms with van der Waals surface area (Å²) < 4.78 is 5.41. The fourth-order valence-corrected chi connectivity index (χ4v) is 2.90. The molecule has 0 amide bonds. The highest BCUT2D eigenvalue weighted by Crippen LogP contribution is 2.38. The summed E-state index contributed by atoms with van der Waals surface area (Å²) in [7, 11) is 0. The van der Waals surface area contributed by atoms with Crippen molar-refractivity contribution >= 4 is 6.08 Å². The van der Waals surface area contributed by atoms with Crippen molar-refractivity contribution < 1.29 is 14.9 Å². The van der Waals surface area contributed by atoms with Crippen LogP contribution in [0, 0.1) is 5.41 Å². The number of ether oxygens (including phenoxy) is 1. The van der Waals surface area contributed by atoms with Crippen LogP contribution in [0.2, 0.25) is 0 Å². The quantitative estimate of drug-likeness (QED) is 0.872. The first kappa shape index (κ1) is 15.0. The number of piperidine rings is 1. The van der Waals surface area contributed by atoms with Gasteiger partial charge in [-0.25, -0.2) is 0 Å².